The van der Waals surface area contributed by atoms with Crippen LogP contribution >= 0.6 is 0 Å². The molecule has 1 saturated carbocycles. The van der Waals surface area contributed by atoms with Crippen LogP contribution in [-0.2, 0) is 9.53 Å². The van der Waals surface area contributed by atoms with E-state index in [-0.39, 0.29) is 17.6 Å². The van der Waals surface area contributed by atoms with E-state index in [2.05, 4.69) is 42.3 Å². The normalized spacial score (nSPS) is 25.2. The average Bonchev–Trinajstić information content (AvgIpc) is 3.06. The number of hydrogen-bond donors (Lipinski definition) is 1. The Bertz CT molecular complexity index is 645. The number of nitriles is 1. The van der Waals surface area contributed by atoms with E-state index in [4.69, 9.17) is 4.74 Å². The van der Waals surface area contributed by atoms with Gasteiger partial charge in [0.2, 0.25) is 5.91 Å². The van der Waals surface area contributed by atoms with Crippen LogP contribution in [0.4, 0.5) is 0 Å². The SMILES string of the molecule is CC1(C)CO[C@H](c2ccccc2)CN1CC(=O)NC1(C#N)CCCC1. The van der Waals surface area contributed by atoms with Crippen molar-refractivity contribution in [1.82, 2.24) is 10.2 Å². The molecule has 1 N–H and O–H groups in total. The molecule has 25 heavy (non-hydrogen) atoms. The summed E-state index contributed by atoms with van der Waals surface area (Å²) in [6, 6.07) is 12.4. The third-order valence-corrected chi connectivity index (χ3v) is 5.44. The summed E-state index contributed by atoms with van der Waals surface area (Å²) >= 11 is 0. The molecular formula is C20H27N3O2. The first-order chi connectivity index (χ1) is 11.9. The van der Waals surface area contributed by atoms with Gasteiger partial charge in [0, 0.05) is 12.1 Å². The number of carbonyl (C=O) groups excluding carboxylic acids is 1. The van der Waals surface area contributed by atoms with Crippen molar-refractivity contribution >= 4 is 5.91 Å². The first kappa shape index (κ1) is 17.9. The Labute approximate surface area is 150 Å². The minimum atomic E-state index is -0.660. The van der Waals surface area contributed by atoms with Gasteiger partial charge >= 0.3 is 0 Å². The van der Waals surface area contributed by atoms with Crippen molar-refractivity contribution in [3.8, 4) is 6.07 Å². The number of ether oxygens (including phenoxy) is 1. The van der Waals surface area contributed by atoms with E-state index >= 15 is 0 Å². The third-order valence-electron chi connectivity index (χ3n) is 5.44. The lowest BCUT2D eigenvalue weighted by Gasteiger charge is -2.45. The number of benzene rings is 1. The highest BCUT2D eigenvalue weighted by Gasteiger charge is 2.39. The number of nitrogens with one attached hydrogen (secondary N) is 1. The number of hydrogen-bond acceptors (Lipinski definition) is 4. The van der Waals surface area contributed by atoms with Crippen LogP contribution in [0.2, 0.25) is 0 Å². The number of morpholine rings is 1. The minimum absolute atomic E-state index is 0.0292. The smallest absolute Gasteiger partial charge is 0.235 e. The third kappa shape index (κ3) is 4.02. The predicted octanol–water partition coefficient (Wildman–Crippen LogP) is 2.79. The predicted molar refractivity (Wildman–Crippen MR) is 95.7 cm³/mol. The summed E-state index contributed by atoms with van der Waals surface area (Å²) < 4.78 is 6.04. The maximum absolute atomic E-state index is 12.6. The second-order valence-corrected chi connectivity index (χ2v) is 7.85. The van der Waals surface area contributed by atoms with E-state index in [0.29, 0.717) is 19.7 Å². The quantitative estimate of drug-likeness (QED) is 0.914. The van der Waals surface area contributed by atoms with Crippen LogP contribution in [-0.4, -0.2) is 41.6 Å². The highest BCUT2D eigenvalue weighted by atomic mass is 16.5. The first-order valence-corrected chi connectivity index (χ1v) is 9.08. The number of amides is 1. The van der Waals surface area contributed by atoms with Crippen LogP contribution in [0.5, 0.6) is 0 Å². The van der Waals surface area contributed by atoms with E-state index in [1.165, 1.54) is 0 Å². The topological polar surface area (TPSA) is 65.4 Å². The maximum Gasteiger partial charge on any atom is 0.235 e. The fraction of sp³-hybridized carbons (Fsp3) is 0.600. The van der Waals surface area contributed by atoms with E-state index in [1.54, 1.807) is 0 Å². The summed E-state index contributed by atoms with van der Waals surface area (Å²) in [5.74, 6) is -0.0646. The van der Waals surface area contributed by atoms with E-state index in [1.807, 2.05) is 18.2 Å². The maximum atomic E-state index is 12.6. The summed E-state index contributed by atoms with van der Waals surface area (Å²) in [5.41, 5.74) is 0.262. The molecule has 0 unspecified atom stereocenters. The first-order valence-electron chi connectivity index (χ1n) is 9.08. The van der Waals surface area contributed by atoms with Crippen LogP contribution in [0.3, 0.4) is 0 Å². The molecule has 1 aliphatic carbocycles. The molecular weight excluding hydrogens is 314 g/mol. The molecule has 0 radical (unpaired) electrons. The fourth-order valence-electron chi connectivity index (χ4n) is 3.77. The van der Waals surface area contributed by atoms with Gasteiger partial charge < -0.3 is 10.1 Å². The average molecular weight is 341 g/mol. The lowest BCUT2D eigenvalue weighted by atomic mass is 9.97. The Kier molecular flexibility index (Phi) is 5.12. The molecule has 1 atom stereocenters. The zero-order valence-electron chi connectivity index (χ0n) is 15.1. The van der Waals surface area contributed by atoms with Gasteiger partial charge in [-0.05, 0) is 45.1 Å². The summed E-state index contributed by atoms with van der Waals surface area (Å²) in [5, 5.41) is 12.5. The van der Waals surface area contributed by atoms with Crippen LogP contribution in [0.25, 0.3) is 0 Å². The van der Waals surface area contributed by atoms with Gasteiger partial charge in [0.15, 0.2) is 0 Å². The van der Waals surface area contributed by atoms with Gasteiger partial charge in [-0.1, -0.05) is 30.3 Å². The molecule has 5 heteroatoms. The molecule has 0 bridgehead atoms. The Morgan fingerprint density at radius 2 is 2.00 bits per heavy atom. The van der Waals surface area contributed by atoms with Crippen LogP contribution in [0.15, 0.2) is 30.3 Å². The molecule has 1 aliphatic heterocycles. The molecule has 1 aromatic carbocycles. The molecule has 2 fully saturated rings. The fourth-order valence-corrected chi connectivity index (χ4v) is 3.77. The largest absolute Gasteiger partial charge is 0.370 e. The highest BCUT2D eigenvalue weighted by molar-refractivity contribution is 5.79. The molecule has 2 aliphatic rings. The minimum Gasteiger partial charge on any atom is -0.370 e. The number of rotatable bonds is 4. The molecule has 134 valence electrons. The van der Waals surface area contributed by atoms with Crippen molar-refractivity contribution in [3.05, 3.63) is 35.9 Å². The number of nitrogens with zero attached hydrogens (tertiary/aromatic N) is 2. The van der Waals surface area contributed by atoms with Gasteiger partial charge in [0.05, 0.1) is 25.3 Å². The summed E-state index contributed by atoms with van der Waals surface area (Å²) in [6.45, 7) is 5.73. The molecule has 0 spiro atoms. The van der Waals surface area contributed by atoms with Crippen LogP contribution < -0.4 is 5.32 Å². The molecule has 1 amide bonds. The molecule has 0 aromatic heterocycles. The summed E-state index contributed by atoms with van der Waals surface area (Å²) in [7, 11) is 0. The van der Waals surface area contributed by atoms with Gasteiger partial charge in [-0.15, -0.1) is 0 Å². The van der Waals surface area contributed by atoms with Gasteiger partial charge in [0.1, 0.15) is 5.54 Å². The van der Waals surface area contributed by atoms with Gasteiger partial charge in [-0.3, -0.25) is 9.69 Å². The Morgan fingerprint density at radius 1 is 1.32 bits per heavy atom. The van der Waals surface area contributed by atoms with Gasteiger partial charge in [-0.25, -0.2) is 0 Å². The highest BCUT2D eigenvalue weighted by Crippen LogP contribution is 2.31. The Morgan fingerprint density at radius 3 is 2.64 bits per heavy atom. The second kappa shape index (κ2) is 7.15. The van der Waals surface area contributed by atoms with Crippen molar-refractivity contribution in [3.63, 3.8) is 0 Å². The van der Waals surface area contributed by atoms with Crippen LogP contribution in [0, 0.1) is 11.3 Å². The molecule has 1 heterocycles. The van der Waals surface area contributed by atoms with Crippen molar-refractivity contribution in [2.45, 2.75) is 56.7 Å². The van der Waals surface area contributed by atoms with Crippen molar-refractivity contribution in [2.24, 2.45) is 0 Å². The van der Waals surface area contributed by atoms with E-state index in [9.17, 15) is 10.1 Å². The zero-order chi connectivity index (χ0) is 17.9. The van der Waals surface area contributed by atoms with Crippen LogP contribution in [0.1, 0.15) is 51.2 Å². The van der Waals surface area contributed by atoms with Gasteiger partial charge in [0.25, 0.3) is 0 Å². The van der Waals surface area contributed by atoms with Crippen molar-refractivity contribution in [2.75, 3.05) is 19.7 Å². The summed E-state index contributed by atoms with van der Waals surface area (Å²) in [4.78, 5) is 14.8. The molecule has 3 rings (SSSR count). The lowest BCUT2D eigenvalue weighted by Crippen LogP contribution is -2.58. The molecule has 5 nitrogen and oxygen atoms in total. The van der Waals surface area contributed by atoms with Gasteiger partial charge in [-0.2, -0.15) is 5.26 Å². The van der Waals surface area contributed by atoms with E-state index < -0.39 is 5.54 Å². The molecule has 1 saturated heterocycles. The Hall–Kier alpha value is -1.90. The lowest BCUT2D eigenvalue weighted by molar-refractivity contribution is -0.134. The molecule has 1 aromatic rings. The summed E-state index contributed by atoms with van der Waals surface area (Å²) in [6.07, 6.45) is 3.50. The van der Waals surface area contributed by atoms with Crippen molar-refractivity contribution < 1.29 is 9.53 Å². The van der Waals surface area contributed by atoms with Crippen molar-refractivity contribution in [1.29, 1.82) is 5.26 Å². The van der Waals surface area contributed by atoms with E-state index in [0.717, 1.165) is 31.2 Å². The monoisotopic (exact) mass is 341 g/mol. The zero-order valence-corrected chi connectivity index (χ0v) is 15.1. The number of carbonyl (C=O) groups is 1. The standard InChI is InChI=1S/C20H27N3O2/c1-19(2)15-25-17(16-8-4-3-5-9-16)12-23(19)13-18(24)22-20(14-21)10-6-7-11-20/h3-5,8-9,17H,6-7,10-13,15H2,1-2H3,(H,22,24)/t17-/m0/s1. The Balaban J connectivity index is 1.66. The second-order valence-electron chi connectivity index (χ2n) is 7.85.